The summed E-state index contributed by atoms with van der Waals surface area (Å²) < 4.78 is 11.2. The number of hydrogen-bond donors (Lipinski definition) is 5. The first-order chi connectivity index (χ1) is 22.9. The molecule has 0 bridgehead atoms. The second-order valence-corrected chi connectivity index (χ2v) is 8.45. The monoisotopic (exact) mass is 650 g/mol. The molecule has 47 heavy (non-hydrogen) atoms. The van der Waals surface area contributed by atoms with Crippen molar-refractivity contribution in [3.63, 3.8) is 0 Å². The van der Waals surface area contributed by atoms with Gasteiger partial charge in [0.1, 0.15) is 17.2 Å². The number of aromatic amines is 2. The molecular weight excluding hydrogens is 586 g/mol. The molecule has 262 valence electrons. The number of methoxy groups -OCH3 is 2. The van der Waals surface area contributed by atoms with Crippen molar-refractivity contribution in [1.29, 1.82) is 10.8 Å². The summed E-state index contributed by atoms with van der Waals surface area (Å²) in [4.78, 5) is 0. The van der Waals surface area contributed by atoms with Crippen LogP contribution in [0.15, 0.2) is 48.5 Å². The minimum absolute atomic E-state index is 0.667. The molecule has 0 fully saturated rings. The van der Waals surface area contributed by atoms with Crippen LogP contribution in [0.2, 0.25) is 0 Å². The van der Waals surface area contributed by atoms with Crippen LogP contribution in [0.1, 0.15) is 95.1 Å². The molecule has 0 atom stereocenters. The van der Waals surface area contributed by atoms with Crippen molar-refractivity contribution in [3.8, 4) is 34.0 Å². The summed E-state index contributed by atoms with van der Waals surface area (Å²) in [5, 5.41) is 32.9. The van der Waals surface area contributed by atoms with Gasteiger partial charge in [0.2, 0.25) is 0 Å². The molecule has 0 aliphatic rings. The minimum atomic E-state index is 0.667. The van der Waals surface area contributed by atoms with Gasteiger partial charge in [-0.05, 0) is 64.3 Å². The van der Waals surface area contributed by atoms with Gasteiger partial charge < -0.3 is 25.6 Å². The largest absolute Gasteiger partial charge is 0.496 e. The Labute approximate surface area is 284 Å². The summed E-state index contributed by atoms with van der Waals surface area (Å²) >= 11 is 0. The van der Waals surface area contributed by atoms with Crippen LogP contribution >= 0.6 is 0 Å². The van der Waals surface area contributed by atoms with E-state index >= 15 is 0 Å². The van der Waals surface area contributed by atoms with Gasteiger partial charge in [0.05, 0.1) is 25.3 Å². The molecular formula is C38H63N7O2. The molecule has 0 aliphatic heterocycles. The lowest BCUT2D eigenvalue weighted by molar-refractivity contribution is 0.416. The van der Waals surface area contributed by atoms with E-state index in [4.69, 9.17) is 20.3 Å². The topological polar surface area (TPSA) is 136 Å². The maximum Gasteiger partial charge on any atom is 0.155 e. The predicted octanol–water partition coefficient (Wildman–Crippen LogP) is 9.35. The number of rotatable bonds is 8. The van der Waals surface area contributed by atoms with E-state index in [0.717, 1.165) is 68.9 Å². The average molecular weight is 650 g/mol. The fraction of sp³-hybridized carbons (Fsp3) is 0.421. The lowest BCUT2D eigenvalue weighted by Crippen LogP contribution is -2.24. The van der Waals surface area contributed by atoms with Crippen LogP contribution in [-0.4, -0.2) is 53.6 Å². The fourth-order valence-corrected chi connectivity index (χ4v) is 3.91. The van der Waals surface area contributed by atoms with E-state index in [0.29, 0.717) is 5.71 Å². The van der Waals surface area contributed by atoms with Gasteiger partial charge in [-0.1, -0.05) is 92.7 Å². The number of nitrogens with one attached hydrogen (secondary N) is 5. The molecule has 4 aromatic rings. The molecule has 0 radical (unpaired) electrons. The van der Waals surface area contributed by atoms with Crippen molar-refractivity contribution in [2.75, 3.05) is 26.1 Å². The van der Waals surface area contributed by atoms with Crippen LogP contribution in [0, 0.1) is 10.8 Å². The smallest absolute Gasteiger partial charge is 0.155 e. The highest BCUT2D eigenvalue weighted by atomic mass is 16.5. The van der Waals surface area contributed by atoms with Crippen molar-refractivity contribution in [2.45, 2.75) is 89.5 Å². The van der Waals surface area contributed by atoms with Crippen molar-refractivity contribution >= 4 is 30.4 Å². The normalized spacial score (nSPS) is 9.74. The number of ether oxygens (including phenoxy) is 2. The Morgan fingerprint density at radius 2 is 1.26 bits per heavy atom. The molecule has 0 spiro atoms. The average Bonchev–Trinajstić information content (AvgIpc) is 3.72. The van der Waals surface area contributed by atoms with E-state index in [2.05, 4.69) is 58.4 Å². The SMILES string of the molecule is C=N.CC.CC.CC.CC.CC(C)=N.CC/C=c1/[nH]nc(-c2ccccc2OC)/c1=C/c1c(NCC)n[nH]c1-c1ccccc1OC. The van der Waals surface area contributed by atoms with E-state index in [9.17, 15) is 0 Å². The quantitative estimate of drug-likeness (QED) is 0.121. The van der Waals surface area contributed by atoms with Crippen LogP contribution in [0.25, 0.3) is 34.7 Å². The summed E-state index contributed by atoms with van der Waals surface area (Å²) in [6, 6.07) is 15.8. The van der Waals surface area contributed by atoms with E-state index in [1.807, 2.05) is 104 Å². The molecule has 5 N–H and O–H groups in total. The van der Waals surface area contributed by atoms with Gasteiger partial charge in [0.25, 0.3) is 0 Å². The van der Waals surface area contributed by atoms with E-state index < -0.39 is 0 Å². The second-order valence-electron chi connectivity index (χ2n) is 8.45. The Kier molecular flexibility index (Phi) is 29.9. The third-order valence-corrected chi connectivity index (χ3v) is 5.42. The molecule has 2 aromatic carbocycles. The molecule has 2 aromatic heterocycles. The number of anilines is 1. The van der Waals surface area contributed by atoms with Crippen LogP contribution in [0.3, 0.4) is 0 Å². The van der Waals surface area contributed by atoms with Crippen molar-refractivity contribution < 1.29 is 9.47 Å². The number of nitrogens with zero attached hydrogens (tertiary/aromatic N) is 2. The number of para-hydroxylation sites is 2. The lowest BCUT2D eigenvalue weighted by atomic mass is 10.0. The van der Waals surface area contributed by atoms with Gasteiger partial charge >= 0.3 is 0 Å². The molecule has 0 saturated carbocycles. The van der Waals surface area contributed by atoms with Gasteiger partial charge in [-0.25, -0.2) is 0 Å². The van der Waals surface area contributed by atoms with Crippen LogP contribution in [0.5, 0.6) is 11.5 Å². The van der Waals surface area contributed by atoms with E-state index in [1.165, 1.54) is 0 Å². The van der Waals surface area contributed by atoms with Crippen LogP contribution < -0.4 is 25.4 Å². The first-order valence-electron chi connectivity index (χ1n) is 16.7. The molecule has 0 unspecified atom stereocenters. The highest BCUT2D eigenvalue weighted by Gasteiger charge is 2.18. The summed E-state index contributed by atoms with van der Waals surface area (Å²) in [5.74, 6) is 2.31. The molecule has 4 rings (SSSR count). The van der Waals surface area contributed by atoms with E-state index in [-0.39, 0.29) is 0 Å². The Balaban J connectivity index is -0.00000121. The zero-order chi connectivity index (χ0) is 36.8. The Morgan fingerprint density at radius 1 is 0.787 bits per heavy atom. The number of H-pyrrole nitrogens is 2. The van der Waals surface area contributed by atoms with Gasteiger partial charge in [-0.2, -0.15) is 10.2 Å². The first kappa shape index (κ1) is 46.8. The van der Waals surface area contributed by atoms with Crippen molar-refractivity contribution in [2.24, 2.45) is 0 Å². The Hall–Kier alpha value is -4.66. The number of benzene rings is 2. The summed E-state index contributed by atoms with van der Waals surface area (Å²) in [6.45, 7) is 26.9. The second kappa shape index (κ2) is 30.0. The summed E-state index contributed by atoms with van der Waals surface area (Å²) in [7, 11) is 3.35. The highest BCUT2D eigenvalue weighted by Crippen LogP contribution is 2.34. The van der Waals surface area contributed by atoms with Gasteiger partial charge in [-0.15, -0.1) is 0 Å². The molecule has 9 heteroatoms. The molecule has 9 nitrogen and oxygen atoms in total. The van der Waals surface area contributed by atoms with Crippen molar-refractivity contribution in [1.82, 2.24) is 20.4 Å². The third-order valence-electron chi connectivity index (χ3n) is 5.42. The summed E-state index contributed by atoms with van der Waals surface area (Å²) in [6.07, 6.45) is 5.13. The zero-order valence-corrected chi connectivity index (χ0v) is 31.6. The van der Waals surface area contributed by atoms with E-state index in [1.54, 1.807) is 28.1 Å². The maximum atomic E-state index is 6.50. The fourth-order valence-electron chi connectivity index (χ4n) is 3.91. The zero-order valence-electron chi connectivity index (χ0n) is 31.6. The summed E-state index contributed by atoms with van der Waals surface area (Å²) in [5.41, 5.74) is 5.15. The minimum Gasteiger partial charge on any atom is -0.496 e. The Bertz CT molecular complexity index is 1470. The number of hydrogen-bond acceptors (Lipinski definition) is 7. The van der Waals surface area contributed by atoms with Crippen LogP contribution in [0.4, 0.5) is 5.82 Å². The highest BCUT2D eigenvalue weighted by molar-refractivity contribution is 5.83. The van der Waals surface area contributed by atoms with Gasteiger partial charge in [0, 0.05) is 34.2 Å². The van der Waals surface area contributed by atoms with Crippen molar-refractivity contribution in [3.05, 3.63) is 64.7 Å². The molecule has 0 aliphatic carbocycles. The van der Waals surface area contributed by atoms with Gasteiger partial charge in [-0.3, -0.25) is 10.2 Å². The Morgan fingerprint density at radius 3 is 1.72 bits per heavy atom. The number of aromatic nitrogens is 4. The van der Waals surface area contributed by atoms with Gasteiger partial charge in [0.15, 0.2) is 5.82 Å². The third kappa shape index (κ3) is 15.0. The maximum absolute atomic E-state index is 6.50. The molecule has 0 saturated heterocycles. The predicted molar refractivity (Wildman–Crippen MR) is 207 cm³/mol. The van der Waals surface area contributed by atoms with Crippen LogP contribution in [-0.2, 0) is 0 Å². The molecule has 2 heterocycles. The lowest BCUT2D eigenvalue weighted by Gasteiger charge is -2.08. The molecule has 0 amide bonds. The standard InChI is InChI=1S/C26H29N5O2.C3H7N.4C2H6.CH3N/c1-5-11-21-19(24(29-28-21)17-12-7-9-14-22(17)32-3)16-20-25(30-31-26(20)27-6-2)18-13-8-10-15-23(18)33-4;1-3(2)4;5*1-2/h7-16,28H,5-6H2,1-4H3,(H2,27,30,31);4H,1-2H3;4*1-2H3;2H,1H2/b19-16+,21-11+;;;;;;. The first-order valence-corrected chi connectivity index (χ1v) is 16.7.